The number of nitrogens with zero attached hydrogens (tertiary/aromatic N) is 2. The summed E-state index contributed by atoms with van der Waals surface area (Å²) in [4.78, 5) is 8.89. The fourth-order valence-electron chi connectivity index (χ4n) is 1.27. The van der Waals surface area contributed by atoms with Gasteiger partial charge >= 0.3 is 0 Å². The Balaban J connectivity index is 2.46. The summed E-state index contributed by atoms with van der Waals surface area (Å²) in [5.41, 5.74) is 1.92. The average molecular weight is 186 g/mol. The maximum Gasteiger partial charge on any atom is 0.106 e. The molecule has 0 saturated heterocycles. The van der Waals surface area contributed by atoms with Crippen molar-refractivity contribution in [3.05, 3.63) is 42.1 Å². The Labute approximate surface area is 82.0 Å². The number of pyridine rings is 1. The van der Waals surface area contributed by atoms with Gasteiger partial charge in [-0.2, -0.15) is 0 Å². The lowest BCUT2D eigenvalue weighted by molar-refractivity contribution is 0.215. The topological polar surface area (TPSA) is 34.5 Å². The van der Waals surface area contributed by atoms with Crippen LogP contribution >= 0.6 is 0 Å². The van der Waals surface area contributed by atoms with Gasteiger partial charge in [0.2, 0.25) is 0 Å². The van der Waals surface area contributed by atoms with E-state index in [1.807, 2.05) is 30.3 Å². The standard InChI is InChI=1S/C11H10N2O/c1-14-13-8-9-6-10-4-2-3-5-11(10)12-7-9/h2-8H,1H3/b13-8+. The summed E-state index contributed by atoms with van der Waals surface area (Å²) in [5.74, 6) is 0. The van der Waals surface area contributed by atoms with E-state index in [0.29, 0.717) is 0 Å². The molecule has 1 aromatic carbocycles. The highest BCUT2D eigenvalue weighted by molar-refractivity contribution is 5.87. The number of aromatic nitrogens is 1. The van der Waals surface area contributed by atoms with Crippen LogP contribution in [0.5, 0.6) is 0 Å². The van der Waals surface area contributed by atoms with Gasteiger partial charge in [0.25, 0.3) is 0 Å². The molecule has 0 atom stereocenters. The minimum absolute atomic E-state index is 0.936. The second-order valence-electron chi connectivity index (χ2n) is 2.88. The highest BCUT2D eigenvalue weighted by Gasteiger charge is 1.94. The van der Waals surface area contributed by atoms with Crippen LogP contribution in [0.2, 0.25) is 0 Å². The molecule has 0 aliphatic carbocycles. The Hall–Kier alpha value is -1.90. The molecule has 0 fully saturated rings. The van der Waals surface area contributed by atoms with Crippen LogP contribution in [0.1, 0.15) is 5.56 Å². The lowest BCUT2D eigenvalue weighted by Gasteiger charge is -1.97. The lowest BCUT2D eigenvalue weighted by Crippen LogP contribution is -1.85. The van der Waals surface area contributed by atoms with Crippen molar-refractivity contribution in [3.63, 3.8) is 0 Å². The van der Waals surface area contributed by atoms with E-state index in [2.05, 4.69) is 15.0 Å². The van der Waals surface area contributed by atoms with Gasteiger partial charge in [0, 0.05) is 17.1 Å². The van der Waals surface area contributed by atoms with E-state index in [9.17, 15) is 0 Å². The van der Waals surface area contributed by atoms with Gasteiger partial charge in [-0.15, -0.1) is 0 Å². The summed E-state index contributed by atoms with van der Waals surface area (Å²) in [6, 6.07) is 9.98. The number of rotatable bonds is 2. The van der Waals surface area contributed by atoms with Crippen LogP contribution in [-0.2, 0) is 4.84 Å². The van der Waals surface area contributed by atoms with Crippen LogP contribution in [0, 0.1) is 0 Å². The predicted molar refractivity (Wildman–Crippen MR) is 56.3 cm³/mol. The van der Waals surface area contributed by atoms with Crippen molar-refractivity contribution in [3.8, 4) is 0 Å². The maximum atomic E-state index is 4.60. The van der Waals surface area contributed by atoms with E-state index in [0.717, 1.165) is 16.5 Å². The minimum atomic E-state index is 0.936. The van der Waals surface area contributed by atoms with Crippen LogP contribution in [-0.4, -0.2) is 18.3 Å². The minimum Gasteiger partial charge on any atom is -0.399 e. The molecular weight excluding hydrogens is 176 g/mol. The second-order valence-corrected chi connectivity index (χ2v) is 2.88. The van der Waals surface area contributed by atoms with Gasteiger partial charge in [-0.3, -0.25) is 4.98 Å². The molecule has 0 saturated carbocycles. The van der Waals surface area contributed by atoms with Gasteiger partial charge in [0.1, 0.15) is 7.11 Å². The fourth-order valence-corrected chi connectivity index (χ4v) is 1.27. The number of benzene rings is 1. The number of fused-ring (bicyclic) bond motifs is 1. The molecule has 2 aromatic rings. The second kappa shape index (κ2) is 3.87. The van der Waals surface area contributed by atoms with E-state index < -0.39 is 0 Å². The third kappa shape index (κ3) is 1.71. The van der Waals surface area contributed by atoms with Gasteiger partial charge in [0.05, 0.1) is 11.7 Å². The Morgan fingerprint density at radius 2 is 2.21 bits per heavy atom. The zero-order chi connectivity index (χ0) is 9.80. The summed E-state index contributed by atoms with van der Waals surface area (Å²) in [5, 5.41) is 4.79. The molecule has 0 N–H and O–H groups in total. The van der Waals surface area contributed by atoms with Crippen molar-refractivity contribution >= 4 is 17.1 Å². The summed E-state index contributed by atoms with van der Waals surface area (Å²) >= 11 is 0. The summed E-state index contributed by atoms with van der Waals surface area (Å²) in [6.45, 7) is 0. The van der Waals surface area contributed by atoms with Crippen molar-refractivity contribution in [1.82, 2.24) is 4.98 Å². The molecule has 3 nitrogen and oxygen atoms in total. The number of hydrogen-bond acceptors (Lipinski definition) is 3. The summed E-state index contributed by atoms with van der Waals surface area (Å²) in [7, 11) is 1.52. The van der Waals surface area contributed by atoms with Crippen molar-refractivity contribution in [2.24, 2.45) is 5.16 Å². The van der Waals surface area contributed by atoms with Gasteiger partial charge in [-0.05, 0) is 12.1 Å². The van der Waals surface area contributed by atoms with Crippen molar-refractivity contribution in [2.75, 3.05) is 7.11 Å². The molecule has 0 aliphatic rings. The Morgan fingerprint density at radius 3 is 3.07 bits per heavy atom. The quantitative estimate of drug-likeness (QED) is 0.532. The van der Waals surface area contributed by atoms with Crippen LogP contribution in [0.3, 0.4) is 0 Å². The zero-order valence-electron chi connectivity index (χ0n) is 7.84. The molecule has 70 valence electrons. The van der Waals surface area contributed by atoms with E-state index in [-0.39, 0.29) is 0 Å². The highest BCUT2D eigenvalue weighted by atomic mass is 16.6. The molecule has 0 amide bonds. The first-order valence-corrected chi connectivity index (χ1v) is 4.31. The molecule has 2 rings (SSSR count). The Kier molecular flexibility index (Phi) is 2.40. The molecule has 3 heteroatoms. The summed E-state index contributed by atoms with van der Waals surface area (Å²) < 4.78 is 0. The molecule has 0 radical (unpaired) electrons. The van der Waals surface area contributed by atoms with Gasteiger partial charge < -0.3 is 4.84 Å². The number of oxime groups is 1. The molecule has 14 heavy (non-hydrogen) atoms. The first-order valence-electron chi connectivity index (χ1n) is 4.31. The fraction of sp³-hybridized carbons (Fsp3) is 0.0909. The third-order valence-corrected chi connectivity index (χ3v) is 1.92. The monoisotopic (exact) mass is 186 g/mol. The Morgan fingerprint density at radius 1 is 1.36 bits per heavy atom. The van der Waals surface area contributed by atoms with Gasteiger partial charge in [0.15, 0.2) is 0 Å². The van der Waals surface area contributed by atoms with Crippen LogP contribution in [0.15, 0.2) is 41.7 Å². The molecule has 0 bridgehead atoms. The maximum absolute atomic E-state index is 4.60. The van der Waals surface area contributed by atoms with E-state index >= 15 is 0 Å². The molecule has 0 aliphatic heterocycles. The first-order chi connectivity index (χ1) is 6.90. The number of hydrogen-bond donors (Lipinski definition) is 0. The predicted octanol–water partition coefficient (Wildman–Crippen LogP) is 2.22. The Bertz CT molecular complexity index is 466. The average Bonchev–Trinajstić information content (AvgIpc) is 2.26. The van der Waals surface area contributed by atoms with E-state index in [4.69, 9.17) is 0 Å². The van der Waals surface area contributed by atoms with Gasteiger partial charge in [-0.1, -0.05) is 23.4 Å². The van der Waals surface area contributed by atoms with Gasteiger partial charge in [-0.25, -0.2) is 0 Å². The normalized spacial score (nSPS) is 10.9. The smallest absolute Gasteiger partial charge is 0.106 e. The summed E-state index contributed by atoms with van der Waals surface area (Å²) in [6.07, 6.45) is 3.41. The van der Waals surface area contributed by atoms with Crippen molar-refractivity contribution in [1.29, 1.82) is 0 Å². The van der Waals surface area contributed by atoms with E-state index in [1.54, 1.807) is 12.4 Å². The molecule has 1 heterocycles. The largest absolute Gasteiger partial charge is 0.399 e. The van der Waals surface area contributed by atoms with Crippen molar-refractivity contribution < 1.29 is 4.84 Å². The first kappa shape index (κ1) is 8.69. The van der Waals surface area contributed by atoms with Crippen LogP contribution in [0.25, 0.3) is 10.9 Å². The zero-order valence-corrected chi connectivity index (χ0v) is 7.84. The molecule has 1 aromatic heterocycles. The SMILES string of the molecule is CO/N=C/c1cnc2ccccc2c1. The van der Waals surface area contributed by atoms with Crippen LogP contribution in [0.4, 0.5) is 0 Å². The van der Waals surface area contributed by atoms with Crippen LogP contribution < -0.4 is 0 Å². The molecule has 0 spiro atoms. The third-order valence-electron chi connectivity index (χ3n) is 1.92. The van der Waals surface area contributed by atoms with Crippen molar-refractivity contribution in [2.45, 2.75) is 0 Å². The molecule has 0 unspecified atom stereocenters. The lowest BCUT2D eigenvalue weighted by atomic mass is 10.2. The highest BCUT2D eigenvalue weighted by Crippen LogP contribution is 2.11. The number of para-hydroxylation sites is 1. The molecular formula is C11H10N2O. The van der Waals surface area contributed by atoms with E-state index in [1.165, 1.54) is 7.11 Å².